The maximum Gasteiger partial charge on any atom is 0.264 e. The van der Waals surface area contributed by atoms with Crippen LogP contribution < -0.4 is 5.32 Å². The second-order valence-corrected chi connectivity index (χ2v) is 6.42. The van der Waals surface area contributed by atoms with E-state index in [0.29, 0.717) is 25.8 Å². The van der Waals surface area contributed by atoms with Gasteiger partial charge in [-0.1, -0.05) is 41.4 Å². The molecule has 0 unspecified atom stereocenters. The maximum atomic E-state index is 12.0. The molecule has 0 radical (unpaired) electrons. The SMILES string of the molecule is O=C1NC(=Nc2cccc(Cl)c2)S/C1=C/c1ccc(Cl)cc1. The molecule has 1 N–H and O–H groups in total. The number of amides is 1. The van der Waals surface area contributed by atoms with Crippen molar-refractivity contribution in [1.82, 2.24) is 5.32 Å². The molecule has 1 saturated heterocycles. The fourth-order valence-corrected chi connectivity index (χ4v) is 3.01. The molecule has 2 aromatic rings. The van der Waals surface area contributed by atoms with E-state index in [-0.39, 0.29) is 5.91 Å². The Labute approximate surface area is 142 Å². The number of aliphatic imine (C=N–C) groups is 1. The van der Waals surface area contributed by atoms with E-state index in [4.69, 9.17) is 23.2 Å². The Morgan fingerprint density at radius 3 is 2.55 bits per heavy atom. The number of carbonyl (C=O) groups excluding carboxylic acids is 1. The largest absolute Gasteiger partial charge is 0.300 e. The number of hydrogen-bond donors (Lipinski definition) is 1. The van der Waals surface area contributed by atoms with Crippen LogP contribution in [-0.2, 0) is 4.79 Å². The van der Waals surface area contributed by atoms with E-state index in [0.717, 1.165) is 5.56 Å². The van der Waals surface area contributed by atoms with Crippen LogP contribution in [0.15, 0.2) is 58.4 Å². The molecule has 0 saturated carbocycles. The quantitative estimate of drug-likeness (QED) is 0.785. The van der Waals surface area contributed by atoms with Gasteiger partial charge in [0.1, 0.15) is 0 Å². The number of benzene rings is 2. The second kappa shape index (κ2) is 6.57. The smallest absolute Gasteiger partial charge is 0.264 e. The minimum Gasteiger partial charge on any atom is -0.300 e. The molecule has 1 aliphatic rings. The van der Waals surface area contributed by atoms with Crippen molar-refractivity contribution in [3.05, 3.63) is 69.0 Å². The standard InChI is InChI=1S/C16H10Cl2N2OS/c17-11-6-4-10(5-7-11)8-14-15(21)20-16(22-14)19-13-3-1-2-12(18)9-13/h1-9H,(H,19,20,21)/b14-8+. The minimum atomic E-state index is -0.166. The molecule has 1 fully saturated rings. The van der Waals surface area contributed by atoms with Crippen LogP contribution in [0, 0.1) is 0 Å². The normalized spacial score (nSPS) is 18.0. The van der Waals surface area contributed by atoms with Gasteiger partial charge < -0.3 is 5.32 Å². The third-order valence-electron chi connectivity index (χ3n) is 2.86. The predicted molar refractivity (Wildman–Crippen MR) is 93.7 cm³/mol. The zero-order chi connectivity index (χ0) is 15.5. The summed E-state index contributed by atoms with van der Waals surface area (Å²) in [5.74, 6) is -0.166. The predicted octanol–water partition coefficient (Wildman–Crippen LogP) is 4.89. The average Bonchev–Trinajstić information content (AvgIpc) is 2.81. The fourth-order valence-electron chi connectivity index (χ4n) is 1.85. The molecule has 3 nitrogen and oxygen atoms in total. The molecule has 1 aliphatic heterocycles. The lowest BCUT2D eigenvalue weighted by atomic mass is 10.2. The monoisotopic (exact) mass is 348 g/mol. The molecule has 0 bridgehead atoms. The first-order chi connectivity index (χ1) is 10.6. The van der Waals surface area contributed by atoms with Crippen LogP contribution in [0.2, 0.25) is 10.0 Å². The Kier molecular flexibility index (Phi) is 4.52. The van der Waals surface area contributed by atoms with Crippen molar-refractivity contribution < 1.29 is 4.79 Å². The summed E-state index contributed by atoms with van der Waals surface area (Å²) < 4.78 is 0. The van der Waals surface area contributed by atoms with Gasteiger partial charge in [0, 0.05) is 10.0 Å². The summed E-state index contributed by atoms with van der Waals surface area (Å²) in [6.45, 7) is 0. The van der Waals surface area contributed by atoms with Crippen molar-refractivity contribution in [3.8, 4) is 0 Å². The Morgan fingerprint density at radius 2 is 1.82 bits per heavy atom. The number of halogens is 2. The van der Waals surface area contributed by atoms with Gasteiger partial charge in [-0.3, -0.25) is 4.79 Å². The highest BCUT2D eigenvalue weighted by Gasteiger charge is 2.23. The number of carbonyl (C=O) groups is 1. The van der Waals surface area contributed by atoms with E-state index in [2.05, 4.69) is 10.3 Å². The van der Waals surface area contributed by atoms with Gasteiger partial charge in [-0.25, -0.2) is 4.99 Å². The van der Waals surface area contributed by atoms with Gasteiger partial charge in [-0.15, -0.1) is 0 Å². The topological polar surface area (TPSA) is 41.5 Å². The van der Waals surface area contributed by atoms with Gasteiger partial charge >= 0.3 is 0 Å². The van der Waals surface area contributed by atoms with Crippen molar-refractivity contribution in [2.24, 2.45) is 4.99 Å². The number of rotatable bonds is 2. The first-order valence-electron chi connectivity index (χ1n) is 6.41. The van der Waals surface area contributed by atoms with Gasteiger partial charge in [0.05, 0.1) is 10.6 Å². The fraction of sp³-hybridized carbons (Fsp3) is 0. The summed E-state index contributed by atoms with van der Waals surface area (Å²) in [5.41, 5.74) is 1.61. The van der Waals surface area contributed by atoms with E-state index in [1.807, 2.05) is 24.3 Å². The average molecular weight is 349 g/mol. The van der Waals surface area contributed by atoms with Crippen molar-refractivity contribution in [2.75, 3.05) is 0 Å². The summed E-state index contributed by atoms with van der Waals surface area (Å²) in [4.78, 5) is 16.9. The van der Waals surface area contributed by atoms with E-state index >= 15 is 0 Å². The number of hydrogen-bond acceptors (Lipinski definition) is 3. The molecule has 0 aromatic heterocycles. The van der Waals surface area contributed by atoms with Crippen LogP contribution in [0.3, 0.4) is 0 Å². The molecule has 0 spiro atoms. The van der Waals surface area contributed by atoms with E-state index in [9.17, 15) is 4.79 Å². The number of nitrogens with one attached hydrogen (secondary N) is 1. The number of amidine groups is 1. The first-order valence-corrected chi connectivity index (χ1v) is 7.98. The third-order valence-corrected chi connectivity index (χ3v) is 4.25. The molecule has 0 atom stereocenters. The Morgan fingerprint density at radius 1 is 1.05 bits per heavy atom. The molecular weight excluding hydrogens is 339 g/mol. The molecule has 6 heteroatoms. The highest BCUT2D eigenvalue weighted by atomic mass is 35.5. The second-order valence-electron chi connectivity index (χ2n) is 4.51. The Bertz CT molecular complexity index is 785. The van der Waals surface area contributed by atoms with E-state index < -0.39 is 0 Å². The maximum absolute atomic E-state index is 12.0. The summed E-state index contributed by atoms with van der Waals surface area (Å²) in [6, 6.07) is 14.4. The lowest BCUT2D eigenvalue weighted by Crippen LogP contribution is -2.19. The third kappa shape index (κ3) is 3.71. The lowest BCUT2D eigenvalue weighted by molar-refractivity contribution is -0.115. The van der Waals surface area contributed by atoms with Gasteiger partial charge in [0.25, 0.3) is 5.91 Å². The first kappa shape index (κ1) is 15.2. The molecule has 110 valence electrons. The molecule has 2 aromatic carbocycles. The van der Waals surface area contributed by atoms with Crippen LogP contribution in [-0.4, -0.2) is 11.1 Å². The lowest BCUT2D eigenvalue weighted by Gasteiger charge is -1.96. The van der Waals surface area contributed by atoms with E-state index in [1.54, 1.807) is 30.3 Å². The van der Waals surface area contributed by atoms with Crippen molar-refractivity contribution in [1.29, 1.82) is 0 Å². The van der Waals surface area contributed by atoms with Crippen LogP contribution in [0.1, 0.15) is 5.56 Å². The van der Waals surface area contributed by atoms with Crippen LogP contribution in [0.4, 0.5) is 5.69 Å². The molecule has 0 aliphatic carbocycles. The highest BCUT2D eigenvalue weighted by molar-refractivity contribution is 8.18. The van der Waals surface area contributed by atoms with Gasteiger partial charge in [0.2, 0.25) is 0 Å². The van der Waals surface area contributed by atoms with Crippen LogP contribution in [0.5, 0.6) is 0 Å². The van der Waals surface area contributed by atoms with Crippen molar-refractivity contribution >= 4 is 57.8 Å². The molecule has 1 heterocycles. The van der Waals surface area contributed by atoms with Gasteiger partial charge in [0.15, 0.2) is 5.17 Å². The summed E-state index contributed by atoms with van der Waals surface area (Å²) in [5, 5.41) is 4.54. The zero-order valence-corrected chi connectivity index (χ0v) is 13.5. The zero-order valence-electron chi connectivity index (χ0n) is 11.2. The van der Waals surface area contributed by atoms with Crippen molar-refractivity contribution in [3.63, 3.8) is 0 Å². The Balaban J connectivity index is 1.82. The van der Waals surface area contributed by atoms with Crippen LogP contribution in [0.25, 0.3) is 6.08 Å². The number of nitrogens with zero attached hydrogens (tertiary/aromatic N) is 1. The summed E-state index contributed by atoms with van der Waals surface area (Å²) in [6.07, 6.45) is 1.80. The van der Waals surface area contributed by atoms with Crippen LogP contribution >= 0.6 is 35.0 Å². The van der Waals surface area contributed by atoms with Gasteiger partial charge in [-0.05, 0) is 53.7 Å². The molecule has 3 rings (SSSR count). The molecule has 1 amide bonds. The summed E-state index contributed by atoms with van der Waals surface area (Å²) in [7, 11) is 0. The number of thioether (sulfide) groups is 1. The highest BCUT2D eigenvalue weighted by Crippen LogP contribution is 2.28. The summed E-state index contributed by atoms with van der Waals surface area (Å²) >= 11 is 13.1. The van der Waals surface area contributed by atoms with Crippen molar-refractivity contribution in [2.45, 2.75) is 0 Å². The Hall–Kier alpha value is -1.75. The van der Waals surface area contributed by atoms with E-state index in [1.165, 1.54) is 11.8 Å². The minimum absolute atomic E-state index is 0.166. The molecular formula is C16H10Cl2N2OS. The molecule has 22 heavy (non-hydrogen) atoms. The van der Waals surface area contributed by atoms with Gasteiger partial charge in [-0.2, -0.15) is 0 Å².